The molecule has 1 N–H and O–H groups in total. The third kappa shape index (κ3) is 4.04. The number of nitrogens with one attached hydrogen (secondary N) is 1. The average Bonchev–Trinajstić information content (AvgIpc) is 3.11. The van der Waals surface area contributed by atoms with Gasteiger partial charge < -0.3 is 4.42 Å². The largest absolute Gasteiger partial charge is 0.455 e. The minimum atomic E-state index is -0.476. The van der Waals surface area contributed by atoms with E-state index in [1.54, 1.807) is 48.5 Å². The van der Waals surface area contributed by atoms with E-state index in [0.29, 0.717) is 27.1 Å². The van der Waals surface area contributed by atoms with Crippen molar-refractivity contribution in [1.29, 1.82) is 0 Å². The lowest BCUT2D eigenvalue weighted by atomic mass is 10.1. The Bertz CT molecular complexity index is 983. The summed E-state index contributed by atoms with van der Waals surface area (Å²) in [4.78, 5) is 22.6. The smallest absolute Gasteiger partial charge is 0.281 e. The third-order valence-corrected chi connectivity index (χ3v) is 3.94. The highest BCUT2D eigenvalue weighted by Gasteiger charge is 2.18. The SMILES string of the molecule is O=C(N/N=C/c1ccc(-c2ccc(Br)cc2[N+](=O)[O-])o1)c1ccccc1. The molecule has 0 atom stereocenters. The fourth-order valence-corrected chi connectivity index (χ4v) is 2.59. The first-order valence-electron chi connectivity index (χ1n) is 7.47. The molecule has 0 spiro atoms. The molecule has 0 bridgehead atoms. The highest BCUT2D eigenvalue weighted by molar-refractivity contribution is 9.10. The molecule has 2 aromatic carbocycles. The molecule has 1 heterocycles. The first kappa shape index (κ1) is 17.6. The second-order valence-corrected chi connectivity index (χ2v) is 6.10. The summed E-state index contributed by atoms with van der Waals surface area (Å²) in [7, 11) is 0. The molecule has 26 heavy (non-hydrogen) atoms. The van der Waals surface area contributed by atoms with Gasteiger partial charge in [-0.05, 0) is 36.4 Å². The van der Waals surface area contributed by atoms with Crippen LogP contribution in [0.3, 0.4) is 0 Å². The van der Waals surface area contributed by atoms with Crippen LogP contribution in [0.1, 0.15) is 16.1 Å². The van der Waals surface area contributed by atoms with Crippen LogP contribution in [0.25, 0.3) is 11.3 Å². The van der Waals surface area contributed by atoms with E-state index in [1.165, 1.54) is 12.3 Å². The summed E-state index contributed by atoms with van der Waals surface area (Å²) >= 11 is 3.21. The van der Waals surface area contributed by atoms with E-state index in [1.807, 2.05) is 6.07 Å². The molecule has 130 valence electrons. The molecule has 0 fully saturated rings. The Morgan fingerprint density at radius 2 is 1.92 bits per heavy atom. The number of hydrogen-bond acceptors (Lipinski definition) is 5. The molecule has 0 aliphatic carbocycles. The van der Waals surface area contributed by atoms with Crippen molar-refractivity contribution in [2.24, 2.45) is 5.10 Å². The number of halogens is 1. The summed E-state index contributed by atoms with van der Waals surface area (Å²) in [5, 5.41) is 15.0. The topological polar surface area (TPSA) is 97.7 Å². The van der Waals surface area contributed by atoms with E-state index < -0.39 is 4.92 Å². The predicted molar refractivity (Wildman–Crippen MR) is 100 cm³/mol. The molecule has 0 aliphatic heterocycles. The molecule has 0 radical (unpaired) electrons. The number of nitrogens with zero attached hydrogens (tertiary/aromatic N) is 2. The molecule has 1 aromatic heterocycles. The van der Waals surface area contributed by atoms with E-state index >= 15 is 0 Å². The summed E-state index contributed by atoms with van der Waals surface area (Å²) < 4.78 is 6.17. The van der Waals surface area contributed by atoms with Gasteiger partial charge >= 0.3 is 0 Å². The van der Waals surface area contributed by atoms with Crippen molar-refractivity contribution in [3.63, 3.8) is 0 Å². The molecule has 0 unspecified atom stereocenters. The molecular weight excluding hydrogens is 402 g/mol. The second-order valence-electron chi connectivity index (χ2n) is 5.19. The molecule has 1 amide bonds. The molecular formula is C18H12BrN3O4. The number of benzene rings is 2. The van der Waals surface area contributed by atoms with Crippen LogP contribution in [-0.2, 0) is 0 Å². The summed E-state index contributed by atoms with van der Waals surface area (Å²) in [5.41, 5.74) is 3.15. The van der Waals surface area contributed by atoms with Crippen molar-refractivity contribution >= 4 is 33.7 Å². The lowest BCUT2D eigenvalue weighted by Crippen LogP contribution is -2.17. The van der Waals surface area contributed by atoms with Gasteiger partial charge in [0.2, 0.25) is 0 Å². The zero-order valence-corrected chi connectivity index (χ0v) is 14.8. The van der Waals surface area contributed by atoms with Crippen LogP contribution in [-0.4, -0.2) is 17.0 Å². The minimum Gasteiger partial charge on any atom is -0.455 e. The highest BCUT2D eigenvalue weighted by atomic mass is 79.9. The monoisotopic (exact) mass is 413 g/mol. The normalized spacial score (nSPS) is 10.8. The third-order valence-electron chi connectivity index (χ3n) is 3.44. The Morgan fingerprint density at radius 1 is 1.15 bits per heavy atom. The highest BCUT2D eigenvalue weighted by Crippen LogP contribution is 2.33. The maximum Gasteiger partial charge on any atom is 0.281 e. The minimum absolute atomic E-state index is 0.0744. The summed E-state index contributed by atoms with van der Waals surface area (Å²) in [6.45, 7) is 0. The van der Waals surface area contributed by atoms with Crippen LogP contribution in [0.4, 0.5) is 5.69 Å². The predicted octanol–water partition coefficient (Wildman–Crippen LogP) is 4.38. The number of nitro groups is 1. The van der Waals surface area contributed by atoms with Gasteiger partial charge in [0.25, 0.3) is 11.6 Å². The summed E-state index contributed by atoms with van der Waals surface area (Å²) in [5.74, 6) is 0.336. The van der Waals surface area contributed by atoms with E-state index in [0.717, 1.165) is 0 Å². The van der Waals surface area contributed by atoms with E-state index in [4.69, 9.17) is 4.42 Å². The lowest BCUT2D eigenvalue weighted by Gasteiger charge is -2.00. The summed E-state index contributed by atoms with van der Waals surface area (Å²) in [6, 6.07) is 16.6. The van der Waals surface area contributed by atoms with Gasteiger partial charge in [-0.15, -0.1) is 0 Å². The summed E-state index contributed by atoms with van der Waals surface area (Å²) in [6.07, 6.45) is 1.33. The van der Waals surface area contributed by atoms with Crippen molar-refractivity contribution in [3.05, 3.63) is 86.6 Å². The molecule has 7 nitrogen and oxygen atoms in total. The first-order valence-corrected chi connectivity index (χ1v) is 8.26. The number of carbonyl (C=O) groups is 1. The van der Waals surface area contributed by atoms with Crippen molar-refractivity contribution < 1.29 is 14.1 Å². The Balaban J connectivity index is 1.75. The van der Waals surface area contributed by atoms with Crippen molar-refractivity contribution in [3.8, 4) is 11.3 Å². The van der Waals surface area contributed by atoms with Gasteiger partial charge in [-0.25, -0.2) is 5.43 Å². The molecule has 0 saturated heterocycles. The number of hydrogen-bond donors (Lipinski definition) is 1. The zero-order chi connectivity index (χ0) is 18.5. The van der Waals surface area contributed by atoms with Crippen LogP contribution in [0, 0.1) is 10.1 Å². The lowest BCUT2D eigenvalue weighted by molar-refractivity contribution is -0.384. The van der Waals surface area contributed by atoms with Crippen molar-refractivity contribution in [2.45, 2.75) is 0 Å². The second kappa shape index (κ2) is 7.75. The number of rotatable bonds is 5. The average molecular weight is 414 g/mol. The van der Waals surface area contributed by atoms with Gasteiger partial charge in [-0.3, -0.25) is 14.9 Å². The fraction of sp³-hybridized carbons (Fsp3) is 0. The van der Waals surface area contributed by atoms with Gasteiger partial charge in [0.05, 0.1) is 16.7 Å². The zero-order valence-electron chi connectivity index (χ0n) is 13.3. The van der Waals surface area contributed by atoms with Crippen LogP contribution in [0.15, 0.2) is 74.7 Å². The fourth-order valence-electron chi connectivity index (χ4n) is 2.24. The Kier molecular flexibility index (Phi) is 5.23. The van der Waals surface area contributed by atoms with Gasteiger partial charge in [-0.1, -0.05) is 34.1 Å². The number of hydrazone groups is 1. The molecule has 8 heteroatoms. The van der Waals surface area contributed by atoms with Crippen molar-refractivity contribution in [2.75, 3.05) is 0 Å². The molecule has 3 aromatic rings. The van der Waals surface area contributed by atoms with Gasteiger partial charge in [0, 0.05) is 16.1 Å². The molecule has 0 saturated carbocycles. The van der Waals surface area contributed by atoms with Crippen LogP contribution >= 0.6 is 15.9 Å². The van der Waals surface area contributed by atoms with Gasteiger partial charge in [-0.2, -0.15) is 5.10 Å². The Hall–Kier alpha value is -3.26. The maximum absolute atomic E-state index is 11.9. The van der Waals surface area contributed by atoms with Crippen LogP contribution in [0.2, 0.25) is 0 Å². The Morgan fingerprint density at radius 3 is 2.65 bits per heavy atom. The first-order chi connectivity index (χ1) is 12.5. The van der Waals surface area contributed by atoms with E-state index in [-0.39, 0.29) is 11.6 Å². The Labute approximate surface area is 156 Å². The van der Waals surface area contributed by atoms with Crippen LogP contribution in [0.5, 0.6) is 0 Å². The van der Waals surface area contributed by atoms with Gasteiger partial charge in [0.15, 0.2) is 0 Å². The molecule has 3 rings (SSSR count). The van der Waals surface area contributed by atoms with Crippen LogP contribution < -0.4 is 5.43 Å². The number of furan rings is 1. The molecule has 0 aliphatic rings. The quantitative estimate of drug-likeness (QED) is 0.381. The van der Waals surface area contributed by atoms with Gasteiger partial charge in [0.1, 0.15) is 11.5 Å². The number of nitro benzene ring substituents is 1. The van der Waals surface area contributed by atoms with E-state index in [2.05, 4.69) is 26.5 Å². The number of amides is 1. The maximum atomic E-state index is 11.9. The van der Waals surface area contributed by atoms with Crippen molar-refractivity contribution in [1.82, 2.24) is 5.43 Å². The number of carbonyl (C=O) groups excluding carboxylic acids is 1. The van der Waals surface area contributed by atoms with E-state index in [9.17, 15) is 14.9 Å². The standard InChI is InChI=1S/C18H12BrN3O4/c19-13-6-8-15(16(10-13)22(24)25)17-9-7-14(26-17)11-20-21-18(23)12-4-2-1-3-5-12/h1-11H,(H,21,23)/b20-11+.